The molecule has 0 fully saturated rings. The van der Waals surface area contributed by atoms with E-state index in [4.69, 9.17) is 16.3 Å². The second-order valence-electron chi connectivity index (χ2n) is 1.92. The van der Waals surface area contributed by atoms with E-state index < -0.39 is 0 Å². The number of alkyl halides is 1. The number of esters is 1. The fraction of sp³-hybridized carbons (Fsp3) is 0.571. The van der Waals surface area contributed by atoms with E-state index in [1.807, 2.05) is 22.6 Å². The molecular weight excluding hydrogens is 278 g/mol. The highest BCUT2D eigenvalue weighted by molar-refractivity contribution is 14.1. The molecule has 0 aromatic heterocycles. The number of ether oxygens (including phenoxy) is 1. The van der Waals surface area contributed by atoms with Crippen LogP contribution in [0.3, 0.4) is 0 Å². The number of carbonyl (C=O) groups is 1. The van der Waals surface area contributed by atoms with Crippen molar-refractivity contribution in [2.45, 2.75) is 18.7 Å². The van der Waals surface area contributed by atoms with Gasteiger partial charge in [0.2, 0.25) is 0 Å². The van der Waals surface area contributed by atoms with Gasteiger partial charge in [-0.25, -0.2) is 0 Å². The van der Waals surface area contributed by atoms with Gasteiger partial charge in [-0.3, -0.25) is 4.79 Å². The van der Waals surface area contributed by atoms with E-state index in [-0.39, 0.29) is 24.4 Å². The van der Waals surface area contributed by atoms with Crippen molar-refractivity contribution in [1.82, 2.24) is 0 Å². The van der Waals surface area contributed by atoms with E-state index in [1.165, 1.54) is 0 Å². The molecule has 0 spiro atoms. The standard InChI is InChI=1S/C7H8ClIO2/c1-6(8)5-7(10)11-4-2-3-9/h6H,4-5H2,1H3. The Morgan fingerprint density at radius 3 is 2.91 bits per heavy atom. The van der Waals surface area contributed by atoms with Crippen molar-refractivity contribution in [3.05, 3.63) is 0 Å². The molecule has 0 rings (SSSR count). The summed E-state index contributed by atoms with van der Waals surface area (Å²) in [6.45, 7) is 1.90. The lowest BCUT2D eigenvalue weighted by atomic mass is 10.3. The summed E-state index contributed by atoms with van der Waals surface area (Å²) in [4.78, 5) is 10.8. The molecule has 0 saturated carbocycles. The summed E-state index contributed by atoms with van der Waals surface area (Å²) < 4.78 is 7.28. The monoisotopic (exact) mass is 286 g/mol. The molecular formula is C7H8ClIO2. The molecule has 0 aromatic rings. The Balaban J connectivity index is 3.43. The fourth-order valence-corrected chi connectivity index (χ4v) is 0.714. The second-order valence-corrected chi connectivity index (χ2v) is 3.20. The Kier molecular flexibility index (Phi) is 6.77. The van der Waals surface area contributed by atoms with Crippen LogP contribution in [0.4, 0.5) is 0 Å². The zero-order valence-corrected chi connectivity index (χ0v) is 8.98. The Labute approximate surface area is 84.8 Å². The topological polar surface area (TPSA) is 26.3 Å². The van der Waals surface area contributed by atoms with Crippen LogP contribution in [0.2, 0.25) is 0 Å². The molecule has 0 bridgehead atoms. The van der Waals surface area contributed by atoms with E-state index in [0.29, 0.717) is 0 Å². The summed E-state index contributed by atoms with van der Waals surface area (Å²) in [5.74, 6) is 2.30. The predicted octanol–water partition coefficient (Wildman–Crippen LogP) is 1.94. The molecule has 0 aromatic carbocycles. The number of hydrogen-bond donors (Lipinski definition) is 0. The minimum absolute atomic E-state index is 0.158. The predicted molar refractivity (Wildman–Crippen MR) is 52.7 cm³/mol. The molecule has 62 valence electrons. The molecule has 2 nitrogen and oxygen atoms in total. The van der Waals surface area contributed by atoms with Crippen molar-refractivity contribution in [1.29, 1.82) is 0 Å². The first kappa shape index (κ1) is 11.1. The van der Waals surface area contributed by atoms with Crippen LogP contribution in [-0.2, 0) is 9.53 Å². The van der Waals surface area contributed by atoms with Crippen molar-refractivity contribution in [3.8, 4) is 9.85 Å². The third kappa shape index (κ3) is 7.95. The van der Waals surface area contributed by atoms with Gasteiger partial charge in [0.1, 0.15) is 0 Å². The Morgan fingerprint density at radius 1 is 1.82 bits per heavy atom. The van der Waals surface area contributed by atoms with Gasteiger partial charge in [0.05, 0.1) is 6.42 Å². The molecule has 0 heterocycles. The number of hydrogen-bond acceptors (Lipinski definition) is 2. The molecule has 11 heavy (non-hydrogen) atoms. The lowest BCUT2D eigenvalue weighted by molar-refractivity contribution is -0.142. The third-order valence-corrected chi connectivity index (χ3v) is 1.36. The molecule has 0 radical (unpaired) electrons. The van der Waals surface area contributed by atoms with Crippen LogP contribution < -0.4 is 0 Å². The third-order valence-electron chi connectivity index (χ3n) is 0.820. The number of halogens is 2. The van der Waals surface area contributed by atoms with Gasteiger partial charge >= 0.3 is 5.97 Å². The SMILES string of the molecule is CC(Cl)CC(=O)OCC#CI. The average Bonchev–Trinajstić information content (AvgIpc) is 1.86. The zero-order chi connectivity index (χ0) is 8.69. The van der Waals surface area contributed by atoms with Crippen LogP contribution in [0.1, 0.15) is 13.3 Å². The van der Waals surface area contributed by atoms with Crippen LogP contribution in [0, 0.1) is 9.85 Å². The zero-order valence-electron chi connectivity index (χ0n) is 6.06. The van der Waals surface area contributed by atoms with Gasteiger partial charge in [-0.2, -0.15) is 0 Å². The Hall–Kier alpha value is 0.0500. The van der Waals surface area contributed by atoms with E-state index in [2.05, 4.69) is 9.85 Å². The minimum Gasteiger partial charge on any atom is -0.452 e. The van der Waals surface area contributed by atoms with Crippen LogP contribution in [-0.4, -0.2) is 18.0 Å². The lowest BCUT2D eigenvalue weighted by Gasteiger charge is -2.00. The molecule has 1 atom stereocenters. The minimum atomic E-state index is -0.299. The summed E-state index contributed by atoms with van der Waals surface area (Å²) in [5, 5.41) is -0.171. The Morgan fingerprint density at radius 2 is 2.45 bits per heavy atom. The maximum absolute atomic E-state index is 10.8. The smallest absolute Gasteiger partial charge is 0.308 e. The van der Waals surface area contributed by atoms with Crippen molar-refractivity contribution < 1.29 is 9.53 Å². The average molecular weight is 286 g/mol. The summed E-state index contributed by atoms with van der Waals surface area (Å²) in [7, 11) is 0. The van der Waals surface area contributed by atoms with Crippen LogP contribution in [0.15, 0.2) is 0 Å². The summed E-state index contributed by atoms with van der Waals surface area (Å²) in [5.41, 5.74) is 0. The summed E-state index contributed by atoms with van der Waals surface area (Å²) >= 11 is 7.43. The normalized spacial score (nSPS) is 11.2. The fourth-order valence-electron chi connectivity index (χ4n) is 0.432. The highest BCUT2D eigenvalue weighted by Crippen LogP contribution is 2.00. The van der Waals surface area contributed by atoms with Crippen LogP contribution in [0.25, 0.3) is 0 Å². The van der Waals surface area contributed by atoms with E-state index in [9.17, 15) is 4.79 Å². The van der Waals surface area contributed by atoms with E-state index in [1.54, 1.807) is 6.92 Å². The maximum Gasteiger partial charge on any atom is 0.308 e. The van der Waals surface area contributed by atoms with Crippen molar-refractivity contribution >= 4 is 40.2 Å². The quantitative estimate of drug-likeness (QED) is 0.343. The number of rotatable bonds is 3. The molecule has 0 N–H and O–H groups in total. The van der Waals surface area contributed by atoms with Gasteiger partial charge in [-0.05, 0) is 10.9 Å². The molecule has 0 saturated heterocycles. The van der Waals surface area contributed by atoms with Crippen LogP contribution >= 0.6 is 34.2 Å². The van der Waals surface area contributed by atoms with Gasteiger partial charge < -0.3 is 4.74 Å². The maximum atomic E-state index is 10.8. The molecule has 0 aliphatic heterocycles. The highest BCUT2D eigenvalue weighted by atomic mass is 127. The summed E-state index contributed by atoms with van der Waals surface area (Å²) in [6, 6.07) is 0. The molecule has 0 amide bonds. The lowest BCUT2D eigenvalue weighted by Crippen LogP contribution is -2.09. The van der Waals surface area contributed by atoms with Crippen molar-refractivity contribution in [3.63, 3.8) is 0 Å². The molecule has 0 aliphatic carbocycles. The van der Waals surface area contributed by atoms with Gasteiger partial charge in [-0.1, -0.05) is 5.92 Å². The van der Waals surface area contributed by atoms with Gasteiger partial charge in [-0.15, -0.1) is 11.6 Å². The molecule has 4 heteroatoms. The first-order chi connectivity index (χ1) is 5.16. The molecule has 1 unspecified atom stereocenters. The highest BCUT2D eigenvalue weighted by Gasteiger charge is 2.05. The summed E-state index contributed by atoms with van der Waals surface area (Å²) in [6.07, 6.45) is 0.241. The van der Waals surface area contributed by atoms with E-state index in [0.717, 1.165) is 0 Å². The Bertz CT molecular complexity index is 181. The van der Waals surface area contributed by atoms with Crippen molar-refractivity contribution in [2.24, 2.45) is 0 Å². The van der Waals surface area contributed by atoms with Gasteiger partial charge in [0, 0.05) is 28.0 Å². The van der Waals surface area contributed by atoms with Gasteiger partial charge in [0.25, 0.3) is 0 Å². The number of carbonyl (C=O) groups excluding carboxylic acids is 1. The first-order valence-electron chi connectivity index (χ1n) is 3.05. The van der Waals surface area contributed by atoms with Gasteiger partial charge in [0.15, 0.2) is 6.61 Å². The van der Waals surface area contributed by atoms with Crippen LogP contribution in [0.5, 0.6) is 0 Å². The molecule has 0 aliphatic rings. The van der Waals surface area contributed by atoms with Crippen molar-refractivity contribution in [2.75, 3.05) is 6.61 Å². The largest absolute Gasteiger partial charge is 0.452 e. The first-order valence-corrected chi connectivity index (χ1v) is 4.56. The van der Waals surface area contributed by atoms with E-state index >= 15 is 0 Å². The second kappa shape index (κ2) is 6.74.